The minimum atomic E-state index is 0.444. The fraction of sp³-hybridized carbons (Fsp3) is 0.286. The molecular formula is C14H17BrN4O2. The number of halogens is 1. The third-order valence-electron chi connectivity index (χ3n) is 2.95. The molecule has 1 aromatic heterocycles. The van der Waals surface area contributed by atoms with Crippen LogP contribution in [0, 0.1) is 6.92 Å². The van der Waals surface area contributed by atoms with Gasteiger partial charge in [0.1, 0.15) is 0 Å². The quantitative estimate of drug-likeness (QED) is 0.653. The summed E-state index contributed by atoms with van der Waals surface area (Å²) in [6.45, 7) is 3.65. The van der Waals surface area contributed by atoms with E-state index in [1.165, 1.54) is 0 Å². The molecule has 0 spiro atoms. The maximum atomic E-state index is 5.66. The number of nitrogens with zero attached hydrogens (tertiary/aromatic N) is 2. The van der Waals surface area contributed by atoms with Gasteiger partial charge in [-0.25, -0.2) is 4.99 Å². The summed E-state index contributed by atoms with van der Waals surface area (Å²) in [5.41, 5.74) is 8.32. The summed E-state index contributed by atoms with van der Waals surface area (Å²) in [6.07, 6.45) is 0. The number of rotatable bonds is 4. The lowest BCUT2D eigenvalue weighted by molar-refractivity contribution is 0.355. The molecule has 0 atom stereocenters. The molecule has 0 amide bonds. The number of ether oxygens (including phenoxy) is 2. The first-order valence-corrected chi connectivity index (χ1v) is 7.04. The van der Waals surface area contributed by atoms with E-state index < -0.39 is 0 Å². The van der Waals surface area contributed by atoms with Crippen LogP contribution in [0.15, 0.2) is 21.6 Å². The van der Waals surface area contributed by atoms with E-state index in [0.717, 1.165) is 21.3 Å². The van der Waals surface area contributed by atoms with Crippen molar-refractivity contribution in [1.29, 1.82) is 0 Å². The van der Waals surface area contributed by atoms with Crippen molar-refractivity contribution in [3.63, 3.8) is 0 Å². The van der Waals surface area contributed by atoms with Crippen LogP contribution in [0.5, 0.6) is 11.5 Å². The van der Waals surface area contributed by atoms with Gasteiger partial charge < -0.3 is 15.2 Å². The molecule has 0 aliphatic rings. The zero-order chi connectivity index (χ0) is 15.6. The lowest BCUT2D eigenvalue weighted by Gasteiger charge is -2.12. The number of aromatic nitrogens is 2. The smallest absolute Gasteiger partial charge is 0.183 e. The van der Waals surface area contributed by atoms with Gasteiger partial charge in [-0.1, -0.05) is 15.9 Å². The van der Waals surface area contributed by atoms with Crippen LogP contribution in [-0.4, -0.2) is 30.3 Å². The van der Waals surface area contributed by atoms with Crippen molar-refractivity contribution < 1.29 is 9.47 Å². The maximum absolute atomic E-state index is 5.66. The number of methoxy groups -OCH3 is 2. The van der Waals surface area contributed by atoms with E-state index in [-0.39, 0.29) is 0 Å². The Morgan fingerprint density at radius 2 is 1.90 bits per heavy atom. The standard InChI is InChI=1S/C14H17BrN4O2/c1-7-13(14(19-18-7)17-8(2)16)9-5-11(20-3)12(21-4)6-10(9)15/h5-6H,1-4H3,(H3,16,17,18,19). The second-order valence-electron chi connectivity index (χ2n) is 4.49. The second kappa shape index (κ2) is 6.17. The van der Waals surface area contributed by atoms with Crippen molar-refractivity contribution in [2.75, 3.05) is 14.2 Å². The van der Waals surface area contributed by atoms with Crippen LogP contribution in [0.25, 0.3) is 11.1 Å². The highest BCUT2D eigenvalue weighted by Gasteiger charge is 2.18. The molecule has 7 heteroatoms. The van der Waals surface area contributed by atoms with Crippen LogP contribution in [0.4, 0.5) is 5.82 Å². The van der Waals surface area contributed by atoms with Gasteiger partial charge in [0.25, 0.3) is 0 Å². The van der Waals surface area contributed by atoms with E-state index in [9.17, 15) is 0 Å². The number of nitrogens with two attached hydrogens (primary N) is 1. The van der Waals surface area contributed by atoms with E-state index in [1.54, 1.807) is 21.1 Å². The number of nitrogens with one attached hydrogen (secondary N) is 1. The molecular weight excluding hydrogens is 336 g/mol. The number of hydrogen-bond donors (Lipinski definition) is 2. The van der Waals surface area contributed by atoms with Gasteiger partial charge in [0, 0.05) is 15.7 Å². The number of hydrogen-bond acceptors (Lipinski definition) is 4. The van der Waals surface area contributed by atoms with E-state index in [0.29, 0.717) is 23.2 Å². The molecule has 0 aliphatic carbocycles. The normalized spacial score (nSPS) is 11.6. The van der Waals surface area contributed by atoms with Crippen molar-refractivity contribution in [2.24, 2.45) is 10.7 Å². The number of aliphatic imine (C=N–C) groups is 1. The molecule has 0 saturated heterocycles. The first kappa shape index (κ1) is 15.4. The van der Waals surface area contributed by atoms with E-state index in [2.05, 4.69) is 31.1 Å². The summed E-state index contributed by atoms with van der Waals surface area (Å²) in [4.78, 5) is 4.25. The van der Waals surface area contributed by atoms with Crippen molar-refractivity contribution in [2.45, 2.75) is 13.8 Å². The summed E-state index contributed by atoms with van der Waals surface area (Å²) in [7, 11) is 3.20. The molecule has 1 heterocycles. The maximum Gasteiger partial charge on any atom is 0.183 e. The predicted octanol–water partition coefficient (Wildman–Crippen LogP) is 3.17. The number of aromatic amines is 1. The van der Waals surface area contributed by atoms with Crippen LogP contribution in [0.1, 0.15) is 12.6 Å². The molecule has 2 rings (SSSR count). The summed E-state index contributed by atoms with van der Waals surface area (Å²) >= 11 is 3.55. The Bertz CT molecular complexity index is 691. The molecule has 1 aromatic carbocycles. The summed E-state index contributed by atoms with van der Waals surface area (Å²) in [5.74, 6) is 2.27. The highest BCUT2D eigenvalue weighted by atomic mass is 79.9. The van der Waals surface area contributed by atoms with Crippen molar-refractivity contribution in [1.82, 2.24) is 10.2 Å². The van der Waals surface area contributed by atoms with Crippen LogP contribution in [0.2, 0.25) is 0 Å². The minimum Gasteiger partial charge on any atom is -0.493 e. The third kappa shape index (κ3) is 3.02. The largest absolute Gasteiger partial charge is 0.493 e. The van der Waals surface area contributed by atoms with Crippen LogP contribution in [0.3, 0.4) is 0 Å². The van der Waals surface area contributed by atoms with Crippen molar-refractivity contribution >= 4 is 27.6 Å². The zero-order valence-corrected chi connectivity index (χ0v) is 13.9. The highest BCUT2D eigenvalue weighted by molar-refractivity contribution is 9.10. The zero-order valence-electron chi connectivity index (χ0n) is 12.3. The molecule has 0 radical (unpaired) electrons. The van der Waals surface area contributed by atoms with E-state index in [4.69, 9.17) is 15.2 Å². The lowest BCUT2D eigenvalue weighted by Crippen LogP contribution is -2.04. The average Bonchev–Trinajstić information content (AvgIpc) is 2.78. The van der Waals surface area contributed by atoms with Gasteiger partial charge in [-0.05, 0) is 26.0 Å². The second-order valence-corrected chi connectivity index (χ2v) is 5.34. The molecule has 0 aliphatic heterocycles. The highest BCUT2D eigenvalue weighted by Crippen LogP contribution is 2.42. The van der Waals surface area contributed by atoms with E-state index in [1.807, 2.05) is 19.1 Å². The van der Waals surface area contributed by atoms with Crippen LogP contribution < -0.4 is 15.2 Å². The van der Waals surface area contributed by atoms with Gasteiger partial charge in [0.2, 0.25) is 0 Å². The number of amidine groups is 1. The number of benzene rings is 1. The minimum absolute atomic E-state index is 0.444. The Labute approximate surface area is 131 Å². The Kier molecular flexibility index (Phi) is 4.52. The third-order valence-corrected chi connectivity index (χ3v) is 3.61. The molecule has 21 heavy (non-hydrogen) atoms. The van der Waals surface area contributed by atoms with Gasteiger partial charge in [0.05, 0.1) is 25.6 Å². The fourth-order valence-electron chi connectivity index (χ4n) is 2.03. The predicted molar refractivity (Wildman–Crippen MR) is 86.5 cm³/mol. The number of aryl methyl sites for hydroxylation is 1. The first-order valence-electron chi connectivity index (χ1n) is 6.25. The Morgan fingerprint density at radius 3 is 2.48 bits per heavy atom. The van der Waals surface area contributed by atoms with Gasteiger partial charge in [-0.2, -0.15) is 5.10 Å². The average molecular weight is 353 g/mol. The van der Waals surface area contributed by atoms with Crippen molar-refractivity contribution in [3.8, 4) is 22.6 Å². The first-order chi connectivity index (χ1) is 9.97. The molecule has 0 saturated carbocycles. The summed E-state index contributed by atoms with van der Waals surface area (Å²) < 4.78 is 11.5. The SMILES string of the molecule is COc1cc(Br)c(-c2c(N=C(C)N)n[nH]c2C)cc1OC. The van der Waals surface area contributed by atoms with Crippen LogP contribution >= 0.6 is 15.9 Å². The Hall–Kier alpha value is -2.02. The number of H-pyrrole nitrogens is 1. The van der Waals surface area contributed by atoms with Gasteiger partial charge >= 0.3 is 0 Å². The summed E-state index contributed by atoms with van der Waals surface area (Å²) in [6, 6.07) is 3.73. The van der Waals surface area contributed by atoms with Crippen LogP contribution in [-0.2, 0) is 0 Å². The van der Waals surface area contributed by atoms with E-state index >= 15 is 0 Å². The molecule has 2 aromatic rings. The summed E-state index contributed by atoms with van der Waals surface area (Å²) in [5, 5.41) is 7.11. The molecule has 6 nitrogen and oxygen atoms in total. The Balaban J connectivity index is 2.67. The van der Waals surface area contributed by atoms with Gasteiger partial charge in [-0.3, -0.25) is 5.10 Å². The van der Waals surface area contributed by atoms with Gasteiger partial charge in [0.15, 0.2) is 17.3 Å². The lowest BCUT2D eigenvalue weighted by atomic mass is 10.1. The van der Waals surface area contributed by atoms with Gasteiger partial charge in [-0.15, -0.1) is 0 Å². The molecule has 0 unspecified atom stereocenters. The molecule has 0 fully saturated rings. The Morgan fingerprint density at radius 1 is 1.29 bits per heavy atom. The monoisotopic (exact) mass is 352 g/mol. The molecule has 3 N–H and O–H groups in total. The molecule has 112 valence electrons. The fourth-order valence-corrected chi connectivity index (χ4v) is 2.55. The van der Waals surface area contributed by atoms with Crippen molar-refractivity contribution in [3.05, 3.63) is 22.3 Å². The molecule has 0 bridgehead atoms. The topological polar surface area (TPSA) is 85.5 Å².